The zero-order chi connectivity index (χ0) is 22.1. The standard InChI is InChI=1S/C23H38N6O2/c1-3-31-23(30)29-14-10-20(11-15-29)26-22(24)25-12-7-13-28-17-16-27(2)18-21(28)19-8-5-4-6-9-19/h4-6,8-9,20-21H,3,7,10-18H2,1-2H3,(H3,24,25,26). The van der Waals surface area contributed by atoms with E-state index in [1.54, 1.807) is 4.90 Å². The van der Waals surface area contributed by atoms with Crippen molar-refractivity contribution in [1.82, 2.24) is 20.0 Å². The number of hydrogen-bond acceptors (Lipinski definition) is 5. The van der Waals surface area contributed by atoms with Crippen LogP contribution in [-0.2, 0) is 4.74 Å². The van der Waals surface area contributed by atoms with Crippen molar-refractivity contribution in [2.75, 3.05) is 59.5 Å². The summed E-state index contributed by atoms with van der Waals surface area (Å²) < 4.78 is 5.07. The van der Waals surface area contributed by atoms with Crippen LogP contribution in [0.5, 0.6) is 0 Å². The van der Waals surface area contributed by atoms with E-state index in [4.69, 9.17) is 10.5 Å². The van der Waals surface area contributed by atoms with Gasteiger partial charge in [0.2, 0.25) is 0 Å². The zero-order valence-electron chi connectivity index (χ0n) is 19.0. The number of guanidine groups is 1. The molecule has 0 spiro atoms. The number of nitrogens with one attached hydrogen (secondary N) is 1. The molecule has 31 heavy (non-hydrogen) atoms. The number of piperidine rings is 1. The third kappa shape index (κ3) is 7.11. The van der Waals surface area contributed by atoms with E-state index in [-0.39, 0.29) is 12.1 Å². The van der Waals surface area contributed by atoms with Gasteiger partial charge in [-0.05, 0) is 38.8 Å². The molecule has 3 rings (SSSR count). The molecule has 1 unspecified atom stereocenters. The maximum Gasteiger partial charge on any atom is 0.409 e. The molecular weight excluding hydrogens is 392 g/mol. The Bertz CT molecular complexity index is 705. The lowest BCUT2D eigenvalue weighted by Gasteiger charge is -2.40. The van der Waals surface area contributed by atoms with Gasteiger partial charge in [-0.2, -0.15) is 0 Å². The Morgan fingerprint density at radius 1 is 1.19 bits per heavy atom. The Balaban J connectivity index is 1.39. The second kappa shape index (κ2) is 11.9. The lowest BCUT2D eigenvalue weighted by molar-refractivity contribution is 0.0894. The molecule has 2 saturated heterocycles. The van der Waals surface area contributed by atoms with Crippen LogP contribution in [0.3, 0.4) is 0 Å². The Morgan fingerprint density at radius 2 is 1.94 bits per heavy atom. The van der Waals surface area contributed by atoms with Crippen molar-refractivity contribution in [1.29, 1.82) is 0 Å². The highest BCUT2D eigenvalue weighted by Gasteiger charge is 2.26. The Morgan fingerprint density at radius 3 is 2.65 bits per heavy atom. The molecule has 8 nitrogen and oxygen atoms in total. The Kier molecular flexibility index (Phi) is 8.97. The number of piperazine rings is 1. The van der Waals surface area contributed by atoms with Crippen LogP contribution >= 0.6 is 0 Å². The van der Waals surface area contributed by atoms with Gasteiger partial charge in [0, 0.05) is 57.9 Å². The molecule has 0 aromatic heterocycles. The van der Waals surface area contributed by atoms with Gasteiger partial charge in [0.05, 0.1) is 6.61 Å². The summed E-state index contributed by atoms with van der Waals surface area (Å²) in [5, 5.41) is 3.32. The molecule has 1 amide bonds. The summed E-state index contributed by atoms with van der Waals surface area (Å²) in [5.41, 5.74) is 7.50. The van der Waals surface area contributed by atoms with Gasteiger partial charge in [0.15, 0.2) is 5.96 Å². The van der Waals surface area contributed by atoms with E-state index in [0.29, 0.717) is 38.2 Å². The maximum atomic E-state index is 11.8. The average Bonchev–Trinajstić information content (AvgIpc) is 2.78. The predicted molar refractivity (Wildman–Crippen MR) is 124 cm³/mol. The first-order valence-corrected chi connectivity index (χ1v) is 11.5. The van der Waals surface area contributed by atoms with Crippen molar-refractivity contribution in [3.63, 3.8) is 0 Å². The number of nitrogens with zero attached hydrogens (tertiary/aromatic N) is 4. The molecule has 1 aromatic carbocycles. The van der Waals surface area contributed by atoms with E-state index < -0.39 is 0 Å². The van der Waals surface area contributed by atoms with Crippen molar-refractivity contribution in [2.45, 2.75) is 38.3 Å². The van der Waals surface area contributed by atoms with Crippen molar-refractivity contribution in [3.05, 3.63) is 35.9 Å². The minimum absolute atomic E-state index is 0.222. The summed E-state index contributed by atoms with van der Waals surface area (Å²) in [6.07, 6.45) is 2.47. The summed E-state index contributed by atoms with van der Waals surface area (Å²) in [4.78, 5) is 23.1. The highest BCUT2D eigenvalue weighted by molar-refractivity contribution is 5.78. The number of benzene rings is 1. The molecule has 0 saturated carbocycles. The first-order chi connectivity index (χ1) is 15.1. The molecule has 8 heteroatoms. The number of likely N-dealkylation sites (N-methyl/N-ethyl adjacent to an activating group) is 1. The zero-order valence-corrected chi connectivity index (χ0v) is 19.0. The normalized spacial score (nSPS) is 21.8. The smallest absolute Gasteiger partial charge is 0.409 e. The van der Waals surface area contributed by atoms with E-state index >= 15 is 0 Å². The van der Waals surface area contributed by atoms with Crippen molar-refractivity contribution in [2.24, 2.45) is 10.7 Å². The number of likely N-dealkylation sites (tertiary alicyclic amines) is 1. The predicted octanol–water partition coefficient (Wildman–Crippen LogP) is 1.89. The average molecular weight is 431 g/mol. The summed E-state index contributed by atoms with van der Waals surface area (Å²) in [6, 6.07) is 11.5. The van der Waals surface area contributed by atoms with Crippen LogP contribution in [-0.4, -0.2) is 92.3 Å². The lowest BCUT2D eigenvalue weighted by Crippen LogP contribution is -2.48. The number of nitrogens with two attached hydrogens (primary N) is 1. The topological polar surface area (TPSA) is 86.4 Å². The highest BCUT2D eigenvalue weighted by atomic mass is 16.6. The fourth-order valence-corrected chi connectivity index (χ4v) is 4.37. The summed E-state index contributed by atoms with van der Waals surface area (Å²) in [5.74, 6) is 0.507. The molecule has 0 aliphatic carbocycles. The third-order valence-electron chi connectivity index (χ3n) is 6.14. The fourth-order valence-electron chi connectivity index (χ4n) is 4.37. The summed E-state index contributed by atoms with van der Waals surface area (Å²) in [7, 11) is 2.20. The third-order valence-corrected chi connectivity index (χ3v) is 6.14. The number of rotatable bonds is 7. The molecular formula is C23H38N6O2. The number of aliphatic imine (C=N–C) groups is 1. The second-order valence-corrected chi connectivity index (χ2v) is 8.45. The van der Waals surface area contributed by atoms with Gasteiger partial charge in [0.1, 0.15) is 0 Å². The van der Waals surface area contributed by atoms with Gasteiger partial charge >= 0.3 is 6.09 Å². The Hall–Kier alpha value is -2.32. The van der Waals surface area contributed by atoms with Crippen LogP contribution < -0.4 is 11.1 Å². The van der Waals surface area contributed by atoms with Crippen LogP contribution in [0.4, 0.5) is 4.79 Å². The Labute approximate surface area is 186 Å². The quantitative estimate of drug-likeness (QED) is 0.390. The largest absolute Gasteiger partial charge is 0.450 e. The molecule has 1 atom stereocenters. The van der Waals surface area contributed by atoms with Crippen molar-refractivity contribution < 1.29 is 9.53 Å². The van der Waals surface area contributed by atoms with E-state index in [1.807, 2.05) is 6.92 Å². The number of carbonyl (C=O) groups excluding carboxylic acids is 1. The van der Waals surface area contributed by atoms with Crippen LogP contribution in [0.25, 0.3) is 0 Å². The number of ether oxygens (including phenoxy) is 1. The molecule has 172 valence electrons. The number of hydrogen-bond donors (Lipinski definition) is 2. The minimum atomic E-state index is -0.222. The van der Waals surface area contributed by atoms with Gasteiger partial charge in [-0.3, -0.25) is 9.89 Å². The molecule has 0 bridgehead atoms. The van der Waals surface area contributed by atoms with Crippen LogP contribution in [0.15, 0.2) is 35.3 Å². The molecule has 2 heterocycles. The molecule has 3 N–H and O–H groups in total. The first kappa shape index (κ1) is 23.3. The van der Waals surface area contributed by atoms with Crippen LogP contribution in [0.2, 0.25) is 0 Å². The van der Waals surface area contributed by atoms with Gasteiger partial charge in [-0.15, -0.1) is 0 Å². The maximum absolute atomic E-state index is 11.8. The second-order valence-electron chi connectivity index (χ2n) is 8.45. The van der Waals surface area contributed by atoms with Crippen molar-refractivity contribution >= 4 is 12.1 Å². The van der Waals surface area contributed by atoms with E-state index in [9.17, 15) is 4.79 Å². The van der Waals surface area contributed by atoms with E-state index in [0.717, 1.165) is 45.4 Å². The molecule has 0 radical (unpaired) electrons. The van der Waals surface area contributed by atoms with Crippen LogP contribution in [0.1, 0.15) is 37.8 Å². The SMILES string of the molecule is CCOC(=O)N1CCC(NC(N)=NCCCN2CCN(C)CC2c2ccccc2)CC1. The summed E-state index contributed by atoms with van der Waals surface area (Å²) >= 11 is 0. The minimum Gasteiger partial charge on any atom is -0.450 e. The first-order valence-electron chi connectivity index (χ1n) is 11.5. The van der Waals surface area contributed by atoms with Gasteiger partial charge in [-0.1, -0.05) is 30.3 Å². The van der Waals surface area contributed by atoms with Crippen LogP contribution in [0, 0.1) is 0 Å². The van der Waals surface area contributed by atoms with E-state index in [2.05, 4.69) is 57.5 Å². The lowest BCUT2D eigenvalue weighted by atomic mass is 10.0. The van der Waals surface area contributed by atoms with Gasteiger partial charge < -0.3 is 25.6 Å². The van der Waals surface area contributed by atoms with Gasteiger partial charge in [-0.25, -0.2) is 4.79 Å². The highest BCUT2D eigenvalue weighted by Crippen LogP contribution is 2.24. The van der Waals surface area contributed by atoms with Gasteiger partial charge in [0.25, 0.3) is 0 Å². The number of amides is 1. The fraction of sp³-hybridized carbons (Fsp3) is 0.652. The molecule has 1 aromatic rings. The summed E-state index contributed by atoms with van der Waals surface area (Å²) in [6.45, 7) is 8.58. The number of carbonyl (C=O) groups is 1. The molecule has 2 aliphatic heterocycles. The molecule has 2 aliphatic rings. The van der Waals surface area contributed by atoms with E-state index in [1.165, 1.54) is 5.56 Å². The monoisotopic (exact) mass is 430 g/mol. The molecule has 2 fully saturated rings. The van der Waals surface area contributed by atoms with Crippen molar-refractivity contribution in [3.8, 4) is 0 Å².